The van der Waals surface area contributed by atoms with E-state index in [1.165, 1.54) is 23.9 Å². The van der Waals surface area contributed by atoms with Crippen LogP contribution in [-0.4, -0.2) is 56.7 Å². The lowest BCUT2D eigenvalue weighted by Crippen LogP contribution is -2.39. The average Bonchev–Trinajstić information content (AvgIpc) is 3.32. The highest BCUT2D eigenvalue weighted by atomic mass is 32.2. The lowest BCUT2D eigenvalue weighted by atomic mass is 10.1. The van der Waals surface area contributed by atoms with E-state index in [2.05, 4.69) is 10.3 Å². The number of hydrogen-bond acceptors (Lipinski definition) is 5. The summed E-state index contributed by atoms with van der Waals surface area (Å²) >= 11 is 3.28. The summed E-state index contributed by atoms with van der Waals surface area (Å²) in [5.41, 5.74) is 1.28. The standard InChI is InChI=1S/C26H25F3N4O2S2/c27-26(28,29)18-7-5-17(6-8-18)25(35)32-12-9-20(10-13-32)36-14-2-11-30-24(34)21-15-19-16-31-22-3-1-4-23(37-21)33(19)22/h1,3-8,15-16,20H,2,9-14H2,(H,30,34). The van der Waals surface area contributed by atoms with Gasteiger partial charge in [0.15, 0.2) is 0 Å². The van der Waals surface area contributed by atoms with E-state index < -0.39 is 11.7 Å². The first-order valence-corrected chi connectivity index (χ1v) is 13.9. The Kier molecular flexibility index (Phi) is 7.52. The molecule has 37 heavy (non-hydrogen) atoms. The Labute approximate surface area is 220 Å². The van der Waals surface area contributed by atoms with Gasteiger partial charge in [0, 0.05) is 30.4 Å². The smallest absolute Gasteiger partial charge is 0.352 e. The summed E-state index contributed by atoms with van der Waals surface area (Å²) in [6.07, 6.45) is 1.74. The molecular weight excluding hydrogens is 521 g/mol. The summed E-state index contributed by atoms with van der Waals surface area (Å²) in [5, 5.41) is 4.39. The number of aromatic nitrogens is 2. The van der Waals surface area contributed by atoms with Crippen molar-refractivity contribution in [2.24, 2.45) is 0 Å². The van der Waals surface area contributed by atoms with Gasteiger partial charge in [0.1, 0.15) is 5.65 Å². The normalized spacial score (nSPS) is 16.1. The van der Waals surface area contributed by atoms with Gasteiger partial charge in [-0.05, 0) is 67.5 Å². The quantitative estimate of drug-likeness (QED) is 0.405. The Bertz CT molecular complexity index is 1330. The molecule has 1 fully saturated rings. The number of nitrogens with zero attached hydrogens (tertiary/aromatic N) is 3. The Balaban J connectivity index is 1.01. The maximum Gasteiger partial charge on any atom is 0.416 e. The van der Waals surface area contributed by atoms with Gasteiger partial charge in [0.25, 0.3) is 11.8 Å². The molecule has 0 atom stereocenters. The van der Waals surface area contributed by atoms with E-state index in [1.54, 1.807) is 11.1 Å². The van der Waals surface area contributed by atoms with Gasteiger partial charge in [-0.15, -0.1) is 0 Å². The van der Waals surface area contributed by atoms with Crippen LogP contribution in [-0.2, 0) is 11.0 Å². The first-order valence-electron chi connectivity index (χ1n) is 12.0. The molecule has 194 valence electrons. The molecule has 0 saturated carbocycles. The van der Waals surface area contributed by atoms with Gasteiger partial charge in [-0.25, -0.2) is 4.98 Å². The van der Waals surface area contributed by atoms with Gasteiger partial charge in [-0.1, -0.05) is 17.8 Å². The number of benzene rings is 1. The topological polar surface area (TPSA) is 66.7 Å². The van der Waals surface area contributed by atoms with Crippen molar-refractivity contribution < 1.29 is 22.8 Å². The van der Waals surface area contributed by atoms with E-state index in [4.69, 9.17) is 0 Å². The Morgan fingerprint density at radius 3 is 2.59 bits per heavy atom. The number of likely N-dealkylation sites (tertiary alicyclic amines) is 1. The Morgan fingerprint density at radius 2 is 1.86 bits per heavy atom. The highest BCUT2D eigenvalue weighted by molar-refractivity contribution is 8.04. The van der Waals surface area contributed by atoms with Crippen molar-refractivity contribution in [2.45, 2.75) is 35.7 Å². The summed E-state index contributed by atoms with van der Waals surface area (Å²) in [7, 11) is 0. The fourth-order valence-electron chi connectivity index (χ4n) is 4.42. The fourth-order valence-corrected chi connectivity index (χ4v) is 6.61. The predicted molar refractivity (Wildman–Crippen MR) is 139 cm³/mol. The predicted octanol–water partition coefficient (Wildman–Crippen LogP) is 5.34. The van der Waals surface area contributed by atoms with Crippen molar-refractivity contribution in [3.05, 3.63) is 70.4 Å². The number of thioether (sulfide) groups is 2. The first kappa shape index (κ1) is 25.7. The third kappa shape index (κ3) is 5.82. The van der Waals surface area contributed by atoms with Gasteiger partial charge < -0.3 is 10.2 Å². The lowest BCUT2D eigenvalue weighted by Gasteiger charge is -2.32. The van der Waals surface area contributed by atoms with Crippen LogP contribution < -0.4 is 5.32 Å². The van der Waals surface area contributed by atoms with Gasteiger partial charge in [-0.3, -0.25) is 14.0 Å². The molecule has 2 amide bonds. The molecule has 2 aliphatic rings. The van der Waals surface area contributed by atoms with Crippen molar-refractivity contribution in [2.75, 3.05) is 25.4 Å². The summed E-state index contributed by atoms with van der Waals surface area (Å²) < 4.78 is 40.3. The van der Waals surface area contributed by atoms with Crippen molar-refractivity contribution in [3.63, 3.8) is 0 Å². The summed E-state index contributed by atoms with van der Waals surface area (Å²) in [6.45, 7) is 1.75. The van der Waals surface area contributed by atoms with E-state index in [1.807, 2.05) is 40.4 Å². The molecule has 0 unspecified atom stereocenters. The van der Waals surface area contributed by atoms with E-state index >= 15 is 0 Å². The zero-order valence-electron chi connectivity index (χ0n) is 19.8. The van der Waals surface area contributed by atoms with Crippen LogP contribution in [0.5, 0.6) is 0 Å². The van der Waals surface area contributed by atoms with E-state index in [0.717, 1.165) is 53.5 Å². The fraction of sp³-hybridized carbons (Fsp3) is 0.346. The van der Waals surface area contributed by atoms with Gasteiger partial charge >= 0.3 is 6.18 Å². The van der Waals surface area contributed by atoms with Crippen LogP contribution in [0.25, 0.3) is 11.7 Å². The number of carbonyl (C=O) groups is 2. The lowest BCUT2D eigenvalue weighted by molar-refractivity contribution is -0.137. The van der Waals surface area contributed by atoms with Crippen LogP contribution in [0.4, 0.5) is 13.2 Å². The number of rotatable bonds is 7. The molecule has 0 radical (unpaired) electrons. The molecular formula is C26H25F3N4O2S2. The summed E-state index contributed by atoms with van der Waals surface area (Å²) in [6, 6.07) is 10.2. The van der Waals surface area contributed by atoms with Crippen LogP contribution >= 0.6 is 23.5 Å². The first-order chi connectivity index (χ1) is 17.8. The van der Waals surface area contributed by atoms with Crippen LogP contribution in [0.1, 0.15) is 40.9 Å². The number of amides is 2. The number of piperidine rings is 1. The molecule has 2 aliphatic heterocycles. The van der Waals surface area contributed by atoms with E-state index in [-0.39, 0.29) is 17.4 Å². The molecule has 5 rings (SSSR count). The molecule has 0 bridgehead atoms. The number of imidazole rings is 1. The molecule has 11 heteroatoms. The number of halogens is 3. The molecule has 0 aliphatic carbocycles. The second kappa shape index (κ2) is 10.8. The van der Waals surface area contributed by atoms with Crippen molar-refractivity contribution >= 4 is 47.1 Å². The van der Waals surface area contributed by atoms with Gasteiger partial charge in [0.2, 0.25) is 0 Å². The number of alkyl halides is 3. The second-order valence-corrected chi connectivity index (χ2v) is 11.4. The SMILES string of the molecule is O=C(NCCCSC1CCN(C(=O)c2ccc(C(F)(F)F)cc2)CC1)C1=Cc2cnc3cccc(n23)S1. The van der Waals surface area contributed by atoms with Crippen molar-refractivity contribution in [3.8, 4) is 0 Å². The Morgan fingerprint density at radius 1 is 1.11 bits per heavy atom. The maximum absolute atomic E-state index is 12.7. The maximum atomic E-state index is 12.7. The third-order valence-corrected chi connectivity index (χ3v) is 8.90. The van der Waals surface area contributed by atoms with Crippen LogP contribution in [0.2, 0.25) is 0 Å². The minimum Gasteiger partial charge on any atom is -0.352 e. The average molecular weight is 547 g/mol. The molecule has 1 saturated heterocycles. The van der Waals surface area contributed by atoms with E-state index in [9.17, 15) is 22.8 Å². The molecule has 3 aromatic rings. The van der Waals surface area contributed by atoms with Gasteiger partial charge in [0.05, 0.1) is 27.4 Å². The highest BCUT2D eigenvalue weighted by Gasteiger charge is 2.31. The Hall–Kier alpha value is -2.92. The number of nitrogens with one attached hydrogen (secondary N) is 1. The minimum atomic E-state index is -4.41. The zero-order chi connectivity index (χ0) is 26.0. The van der Waals surface area contributed by atoms with Crippen LogP contribution in [0.3, 0.4) is 0 Å². The third-order valence-electron chi connectivity index (χ3n) is 6.39. The van der Waals surface area contributed by atoms with Crippen molar-refractivity contribution in [1.82, 2.24) is 19.6 Å². The van der Waals surface area contributed by atoms with E-state index in [0.29, 0.717) is 29.8 Å². The van der Waals surface area contributed by atoms with Crippen LogP contribution in [0.15, 0.2) is 58.6 Å². The molecule has 0 spiro atoms. The monoisotopic (exact) mass is 546 g/mol. The number of carbonyl (C=O) groups excluding carboxylic acids is 2. The summed E-state index contributed by atoms with van der Waals surface area (Å²) in [5.74, 6) is 0.583. The minimum absolute atomic E-state index is 0.0884. The second-order valence-electron chi connectivity index (χ2n) is 8.90. The van der Waals surface area contributed by atoms with Crippen LogP contribution in [0, 0.1) is 0 Å². The number of hydrogen-bond donors (Lipinski definition) is 1. The highest BCUT2D eigenvalue weighted by Crippen LogP contribution is 2.34. The molecule has 1 aromatic carbocycles. The zero-order valence-corrected chi connectivity index (χ0v) is 21.5. The molecule has 4 heterocycles. The number of pyridine rings is 1. The molecule has 1 N–H and O–H groups in total. The molecule has 6 nitrogen and oxygen atoms in total. The molecule has 2 aromatic heterocycles. The summed E-state index contributed by atoms with van der Waals surface area (Å²) in [4.78, 5) is 32.1. The largest absolute Gasteiger partial charge is 0.416 e. The van der Waals surface area contributed by atoms with Crippen molar-refractivity contribution in [1.29, 1.82) is 0 Å². The van der Waals surface area contributed by atoms with Gasteiger partial charge in [-0.2, -0.15) is 24.9 Å².